The molecular formula is C16H26N2O3. The largest absolute Gasteiger partial charge is 0.302 e. The molecule has 0 saturated carbocycles. The van der Waals surface area contributed by atoms with Gasteiger partial charge in [0.25, 0.3) is 0 Å². The number of hydrazine groups is 1. The van der Waals surface area contributed by atoms with Crippen molar-refractivity contribution in [2.24, 2.45) is 11.8 Å². The number of piperidine rings is 1. The van der Waals surface area contributed by atoms with E-state index in [1.54, 1.807) is 6.92 Å². The zero-order valence-electron chi connectivity index (χ0n) is 13.1. The van der Waals surface area contributed by atoms with Crippen molar-refractivity contribution < 1.29 is 14.4 Å². The average molecular weight is 294 g/mol. The zero-order valence-corrected chi connectivity index (χ0v) is 13.1. The average Bonchev–Trinajstić information content (AvgIpc) is 2.95. The number of rotatable bonds is 6. The van der Waals surface area contributed by atoms with E-state index in [1.165, 1.54) is 0 Å². The van der Waals surface area contributed by atoms with Crippen LogP contribution in [0.4, 0.5) is 0 Å². The second-order valence-electron chi connectivity index (χ2n) is 6.42. The van der Waals surface area contributed by atoms with Crippen LogP contribution in [0.15, 0.2) is 0 Å². The Kier molecular flexibility index (Phi) is 5.65. The molecule has 0 aliphatic carbocycles. The molecule has 2 saturated heterocycles. The molecular weight excluding hydrogens is 268 g/mol. The monoisotopic (exact) mass is 294 g/mol. The van der Waals surface area contributed by atoms with Crippen LogP contribution in [-0.4, -0.2) is 53.5 Å². The Bertz CT molecular complexity index is 402. The third kappa shape index (κ3) is 3.98. The van der Waals surface area contributed by atoms with Crippen molar-refractivity contribution in [3.05, 3.63) is 0 Å². The molecule has 0 amide bonds. The third-order valence-electron chi connectivity index (χ3n) is 4.92. The molecule has 2 heterocycles. The first-order valence-electron chi connectivity index (χ1n) is 8.03. The fourth-order valence-electron chi connectivity index (χ4n) is 3.32. The topological polar surface area (TPSA) is 57.7 Å². The quantitative estimate of drug-likeness (QED) is 0.694. The number of ketones is 2. The van der Waals surface area contributed by atoms with Gasteiger partial charge in [0.2, 0.25) is 0 Å². The lowest BCUT2D eigenvalue weighted by Crippen LogP contribution is -2.50. The van der Waals surface area contributed by atoms with E-state index in [0.29, 0.717) is 6.42 Å². The van der Waals surface area contributed by atoms with E-state index >= 15 is 0 Å². The summed E-state index contributed by atoms with van der Waals surface area (Å²) in [7, 11) is 0. The molecule has 0 aromatic rings. The summed E-state index contributed by atoms with van der Waals surface area (Å²) in [5.41, 5.74) is 0. The van der Waals surface area contributed by atoms with Gasteiger partial charge in [0.05, 0.1) is 6.04 Å². The summed E-state index contributed by atoms with van der Waals surface area (Å²) < 4.78 is 0. The van der Waals surface area contributed by atoms with E-state index in [4.69, 9.17) is 0 Å². The molecule has 0 radical (unpaired) electrons. The number of carbonyl (C=O) groups is 3. The molecule has 0 aromatic carbocycles. The van der Waals surface area contributed by atoms with E-state index in [0.717, 1.165) is 51.6 Å². The van der Waals surface area contributed by atoms with E-state index in [1.807, 2.05) is 6.92 Å². The van der Waals surface area contributed by atoms with Crippen molar-refractivity contribution in [1.29, 1.82) is 0 Å². The van der Waals surface area contributed by atoms with Crippen molar-refractivity contribution in [3.63, 3.8) is 0 Å². The number of carbonyl (C=O) groups excluding carboxylic acids is 3. The molecule has 1 unspecified atom stereocenters. The lowest BCUT2D eigenvalue weighted by atomic mass is 9.87. The van der Waals surface area contributed by atoms with Gasteiger partial charge >= 0.3 is 0 Å². The maximum absolute atomic E-state index is 12.2. The van der Waals surface area contributed by atoms with E-state index in [2.05, 4.69) is 10.0 Å². The normalized spacial score (nSPS) is 26.7. The molecule has 2 fully saturated rings. The highest BCUT2D eigenvalue weighted by molar-refractivity contribution is 5.87. The van der Waals surface area contributed by atoms with E-state index < -0.39 is 0 Å². The summed E-state index contributed by atoms with van der Waals surface area (Å²) in [5, 5.41) is 4.41. The SMILES string of the molecule is CC(=O)C(C)CC(=O)C1CCN(N2CCC[C@H]2C=O)CC1. The second-order valence-corrected chi connectivity index (χ2v) is 6.42. The lowest BCUT2D eigenvalue weighted by molar-refractivity contribution is -0.133. The Morgan fingerprint density at radius 2 is 1.86 bits per heavy atom. The zero-order chi connectivity index (χ0) is 15.4. The van der Waals surface area contributed by atoms with Crippen LogP contribution < -0.4 is 0 Å². The van der Waals surface area contributed by atoms with Gasteiger partial charge in [-0.15, -0.1) is 0 Å². The number of Topliss-reactive ketones (excluding diaryl/α,β-unsaturated/α-hetero) is 2. The fourth-order valence-corrected chi connectivity index (χ4v) is 3.32. The van der Waals surface area contributed by atoms with Gasteiger partial charge in [-0.1, -0.05) is 6.92 Å². The van der Waals surface area contributed by atoms with Crippen molar-refractivity contribution in [3.8, 4) is 0 Å². The Hall–Kier alpha value is -1.07. The van der Waals surface area contributed by atoms with Gasteiger partial charge < -0.3 is 4.79 Å². The highest BCUT2D eigenvalue weighted by Gasteiger charge is 2.33. The van der Waals surface area contributed by atoms with Crippen LogP contribution in [0.25, 0.3) is 0 Å². The first kappa shape index (κ1) is 16.3. The minimum Gasteiger partial charge on any atom is -0.302 e. The van der Waals surface area contributed by atoms with Crippen LogP contribution in [0, 0.1) is 11.8 Å². The maximum Gasteiger partial charge on any atom is 0.138 e. The fraction of sp³-hybridized carbons (Fsp3) is 0.812. The first-order valence-corrected chi connectivity index (χ1v) is 8.03. The van der Waals surface area contributed by atoms with Crippen LogP contribution in [0.1, 0.15) is 46.0 Å². The number of hydrogen-bond donors (Lipinski definition) is 0. The Labute approximate surface area is 126 Å². The van der Waals surface area contributed by atoms with Gasteiger partial charge in [0, 0.05) is 37.9 Å². The van der Waals surface area contributed by atoms with Gasteiger partial charge in [-0.2, -0.15) is 0 Å². The summed E-state index contributed by atoms with van der Waals surface area (Å²) in [6.07, 6.45) is 5.10. The summed E-state index contributed by atoms with van der Waals surface area (Å²) >= 11 is 0. The highest BCUT2D eigenvalue weighted by Crippen LogP contribution is 2.26. The van der Waals surface area contributed by atoms with Gasteiger partial charge in [0.1, 0.15) is 17.9 Å². The number of nitrogens with zero attached hydrogens (tertiary/aromatic N) is 2. The molecule has 2 rings (SSSR count). The predicted octanol–water partition coefficient (Wildman–Crippen LogP) is 1.46. The summed E-state index contributed by atoms with van der Waals surface area (Å²) in [6.45, 7) is 6.01. The molecule has 5 nitrogen and oxygen atoms in total. The molecule has 118 valence electrons. The predicted molar refractivity (Wildman–Crippen MR) is 79.6 cm³/mol. The molecule has 0 spiro atoms. The van der Waals surface area contributed by atoms with Crippen molar-refractivity contribution in [1.82, 2.24) is 10.0 Å². The lowest BCUT2D eigenvalue weighted by Gasteiger charge is -2.39. The minimum absolute atomic E-state index is 0.0231. The van der Waals surface area contributed by atoms with Crippen molar-refractivity contribution >= 4 is 17.9 Å². The van der Waals surface area contributed by atoms with Crippen molar-refractivity contribution in [2.45, 2.75) is 52.0 Å². The van der Waals surface area contributed by atoms with Crippen LogP contribution in [-0.2, 0) is 14.4 Å². The molecule has 2 aliphatic heterocycles. The van der Waals surface area contributed by atoms with Crippen LogP contribution in [0.3, 0.4) is 0 Å². The molecule has 2 aliphatic rings. The van der Waals surface area contributed by atoms with Crippen LogP contribution in [0.2, 0.25) is 0 Å². The molecule has 5 heteroatoms. The van der Waals surface area contributed by atoms with Gasteiger partial charge in [-0.25, -0.2) is 10.0 Å². The van der Waals surface area contributed by atoms with Crippen LogP contribution in [0.5, 0.6) is 0 Å². The molecule has 21 heavy (non-hydrogen) atoms. The summed E-state index contributed by atoms with van der Waals surface area (Å²) in [5.74, 6) is 0.242. The Morgan fingerprint density at radius 1 is 1.19 bits per heavy atom. The molecule has 0 bridgehead atoms. The van der Waals surface area contributed by atoms with E-state index in [9.17, 15) is 14.4 Å². The second kappa shape index (κ2) is 7.27. The standard InChI is InChI=1S/C16H26N2O3/c1-12(13(2)20)10-16(21)14-5-8-17(9-6-14)18-7-3-4-15(18)11-19/h11-12,14-15H,3-10H2,1-2H3/t12?,15-/m0/s1. The highest BCUT2D eigenvalue weighted by atomic mass is 16.1. The molecule has 2 atom stereocenters. The summed E-state index contributed by atoms with van der Waals surface area (Å²) in [4.78, 5) is 34.5. The van der Waals surface area contributed by atoms with Gasteiger partial charge in [0.15, 0.2) is 0 Å². The Morgan fingerprint density at radius 3 is 2.43 bits per heavy atom. The van der Waals surface area contributed by atoms with Crippen LogP contribution >= 0.6 is 0 Å². The Balaban J connectivity index is 1.81. The third-order valence-corrected chi connectivity index (χ3v) is 4.92. The maximum atomic E-state index is 12.2. The number of hydrogen-bond acceptors (Lipinski definition) is 5. The minimum atomic E-state index is -0.159. The smallest absolute Gasteiger partial charge is 0.138 e. The first-order chi connectivity index (χ1) is 10.0. The summed E-state index contributed by atoms with van der Waals surface area (Å²) in [6, 6.07) is 0.0231. The molecule has 0 N–H and O–H groups in total. The number of aldehydes is 1. The van der Waals surface area contributed by atoms with Crippen molar-refractivity contribution in [2.75, 3.05) is 19.6 Å². The molecule has 0 aromatic heterocycles. The van der Waals surface area contributed by atoms with Gasteiger partial charge in [-0.05, 0) is 32.6 Å². The van der Waals surface area contributed by atoms with Gasteiger partial charge in [-0.3, -0.25) is 9.59 Å². The van der Waals surface area contributed by atoms with E-state index in [-0.39, 0.29) is 29.4 Å².